The number of nitrogens with zero attached hydrogens (tertiary/aromatic N) is 6. The first-order valence-electron chi connectivity index (χ1n) is 11.4. The molecule has 6 heterocycles. The first kappa shape index (κ1) is 20.5. The van der Waals surface area contributed by atoms with Gasteiger partial charge in [0, 0.05) is 60.5 Å². The maximum Gasteiger partial charge on any atom is 0.137 e. The molecule has 2 unspecified atom stereocenters. The summed E-state index contributed by atoms with van der Waals surface area (Å²) in [7, 11) is 0. The third-order valence-electron chi connectivity index (χ3n) is 7.39. The summed E-state index contributed by atoms with van der Waals surface area (Å²) in [6.07, 6.45) is 8.26. The van der Waals surface area contributed by atoms with Gasteiger partial charge in [-0.3, -0.25) is 14.7 Å². The fraction of sp³-hybridized carbons (Fsp3) is 0.417. The summed E-state index contributed by atoms with van der Waals surface area (Å²) >= 11 is 6.24. The van der Waals surface area contributed by atoms with Crippen molar-refractivity contribution in [3.8, 4) is 17.3 Å². The second kappa shape index (κ2) is 7.72. The minimum Gasteiger partial charge on any atom is -0.346 e. The van der Waals surface area contributed by atoms with Crippen molar-refractivity contribution in [1.82, 2.24) is 34.8 Å². The summed E-state index contributed by atoms with van der Waals surface area (Å²) in [5, 5.41) is 22.9. The monoisotopic (exact) mass is 460 g/mol. The smallest absolute Gasteiger partial charge is 0.137 e. The minimum absolute atomic E-state index is 0.135. The predicted molar refractivity (Wildman–Crippen MR) is 126 cm³/mol. The molecule has 2 N–H and O–H groups in total. The second-order valence-corrected chi connectivity index (χ2v) is 9.86. The molecular formula is C24H25ClN8. The predicted octanol–water partition coefficient (Wildman–Crippen LogP) is 4.37. The van der Waals surface area contributed by atoms with Crippen LogP contribution in [-0.4, -0.2) is 47.9 Å². The number of H-pyrrole nitrogens is 2. The van der Waals surface area contributed by atoms with Crippen molar-refractivity contribution >= 4 is 22.6 Å². The molecule has 2 aliphatic heterocycles. The fourth-order valence-corrected chi connectivity index (χ4v) is 5.71. The number of nitrogens with one attached hydrogen (secondary N) is 2. The number of aromatic nitrogens is 6. The van der Waals surface area contributed by atoms with E-state index >= 15 is 0 Å². The Morgan fingerprint density at radius 1 is 1.27 bits per heavy atom. The maximum absolute atomic E-state index is 9.11. The highest BCUT2D eigenvalue weighted by atomic mass is 35.5. The average molecular weight is 461 g/mol. The van der Waals surface area contributed by atoms with Gasteiger partial charge in [-0.05, 0) is 43.0 Å². The normalized spacial score (nSPS) is 21.1. The van der Waals surface area contributed by atoms with Crippen molar-refractivity contribution in [2.45, 2.75) is 50.6 Å². The number of likely N-dealkylation sites (tertiary alicyclic amines) is 1. The number of pyridine rings is 1. The standard InChI is InChI=1S/C24H25ClN8/c1-15(2-5-26)18-11-28-23-17(18)8-16(10-27-23)20-9-22-24(4-7-33(22)31-20)3-6-32(14-24)13-21-19(25)12-29-30-21/h8-12,15H,2-4,6-7,13-14H2,1H3,(H,27,28)(H,29,30). The van der Waals surface area contributed by atoms with Gasteiger partial charge in [-0.15, -0.1) is 0 Å². The third-order valence-corrected chi connectivity index (χ3v) is 7.72. The molecule has 0 amide bonds. The lowest BCUT2D eigenvalue weighted by atomic mass is 9.82. The van der Waals surface area contributed by atoms with Crippen molar-refractivity contribution in [2.75, 3.05) is 13.1 Å². The second-order valence-electron chi connectivity index (χ2n) is 9.45. The Bertz CT molecular complexity index is 1370. The van der Waals surface area contributed by atoms with Crippen molar-refractivity contribution in [1.29, 1.82) is 5.26 Å². The number of nitriles is 1. The summed E-state index contributed by atoms with van der Waals surface area (Å²) in [4.78, 5) is 10.3. The van der Waals surface area contributed by atoms with E-state index in [4.69, 9.17) is 22.0 Å². The highest BCUT2D eigenvalue weighted by Crippen LogP contribution is 2.44. The quantitative estimate of drug-likeness (QED) is 0.460. The van der Waals surface area contributed by atoms with Gasteiger partial charge in [0.2, 0.25) is 0 Å². The average Bonchev–Trinajstić information content (AvgIpc) is 3.61. The van der Waals surface area contributed by atoms with Crippen LogP contribution in [0.25, 0.3) is 22.3 Å². The zero-order valence-corrected chi connectivity index (χ0v) is 19.2. The van der Waals surface area contributed by atoms with E-state index in [0.717, 1.165) is 72.6 Å². The van der Waals surface area contributed by atoms with Crippen molar-refractivity contribution in [2.24, 2.45) is 0 Å². The molecule has 9 heteroatoms. The molecule has 0 aromatic carbocycles. The number of aromatic amines is 2. The number of aryl methyl sites for hydroxylation is 1. The molecule has 8 nitrogen and oxygen atoms in total. The van der Waals surface area contributed by atoms with E-state index in [1.54, 1.807) is 6.20 Å². The van der Waals surface area contributed by atoms with E-state index in [-0.39, 0.29) is 11.3 Å². The molecule has 2 atom stereocenters. The van der Waals surface area contributed by atoms with Crippen LogP contribution in [0.3, 0.4) is 0 Å². The van der Waals surface area contributed by atoms with Gasteiger partial charge in [-0.1, -0.05) is 18.5 Å². The van der Waals surface area contributed by atoms with Crippen LogP contribution in [0.2, 0.25) is 5.02 Å². The van der Waals surface area contributed by atoms with E-state index in [0.29, 0.717) is 11.4 Å². The van der Waals surface area contributed by atoms with Gasteiger partial charge in [0.05, 0.1) is 28.7 Å². The number of hydrogen-bond donors (Lipinski definition) is 2. The Kier molecular flexibility index (Phi) is 4.78. The SMILES string of the molecule is CC(CC#N)c1c[nH]c2ncc(-c3cc4n(n3)CCC43CCN(Cc4[nH]ncc4Cl)C3)cc12. The van der Waals surface area contributed by atoms with Gasteiger partial charge in [0.1, 0.15) is 5.65 Å². The first-order chi connectivity index (χ1) is 16.1. The lowest BCUT2D eigenvalue weighted by Gasteiger charge is -2.23. The Morgan fingerprint density at radius 3 is 2.97 bits per heavy atom. The van der Waals surface area contributed by atoms with Crippen molar-refractivity contribution < 1.29 is 0 Å². The molecule has 1 spiro atoms. The number of hydrogen-bond acceptors (Lipinski definition) is 5. The van der Waals surface area contributed by atoms with E-state index < -0.39 is 0 Å². The topological polar surface area (TPSA) is 102 Å². The Balaban J connectivity index is 1.29. The van der Waals surface area contributed by atoms with Crippen LogP contribution >= 0.6 is 11.6 Å². The summed E-state index contributed by atoms with van der Waals surface area (Å²) in [5.74, 6) is 0.156. The van der Waals surface area contributed by atoms with Crippen LogP contribution in [0.1, 0.15) is 49.1 Å². The number of fused-ring (bicyclic) bond motifs is 3. The van der Waals surface area contributed by atoms with Gasteiger partial charge in [-0.2, -0.15) is 15.5 Å². The molecule has 2 aliphatic rings. The molecule has 1 fully saturated rings. The van der Waals surface area contributed by atoms with Crippen LogP contribution in [0, 0.1) is 11.3 Å². The van der Waals surface area contributed by atoms with Crippen LogP contribution in [0.4, 0.5) is 0 Å². The Hall–Kier alpha value is -3.15. The fourth-order valence-electron chi connectivity index (χ4n) is 5.56. The van der Waals surface area contributed by atoms with E-state index in [1.807, 2.05) is 12.4 Å². The van der Waals surface area contributed by atoms with Crippen LogP contribution < -0.4 is 0 Å². The highest BCUT2D eigenvalue weighted by Gasteiger charge is 2.45. The molecule has 33 heavy (non-hydrogen) atoms. The molecule has 0 aliphatic carbocycles. The third kappa shape index (κ3) is 3.35. The lowest BCUT2D eigenvalue weighted by Crippen LogP contribution is -2.29. The lowest BCUT2D eigenvalue weighted by molar-refractivity contribution is 0.298. The summed E-state index contributed by atoms with van der Waals surface area (Å²) < 4.78 is 2.18. The first-order valence-corrected chi connectivity index (χ1v) is 11.8. The van der Waals surface area contributed by atoms with Gasteiger partial charge >= 0.3 is 0 Å². The minimum atomic E-state index is 0.135. The van der Waals surface area contributed by atoms with Gasteiger partial charge in [-0.25, -0.2) is 4.98 Å². The van der Waals surface area contributed by atoms with Crippen molar-refractivity contribution in [3.63, 3.8) is 0 Å². The molecule has 4 aromatic rings. The van der Waals surface area contributed by atoms with Gasteiger partial charge < -0.3 is 4.98 Å². The van der Waals surface area contributed by atoms with E-state index in [9.17, 15) is 0 Å². The molecule has 0 bridgehead atoms. The number of rotatable bonds is 5. The van der Waals surface area contributed by atoms with Crippen LogP contribution in [-0.2, 0) is 18.5 Å². The summed E-state index contributed by atoms with van der Waals surface area (Å²) in [5.41, 5.74) is 6.41. The van der Waals surface area contributed by atoms with Crippen molar-refractivity contribution in [3.05, 3.63) is 52.7 Å². The molecule has 0 saturated carbocycles. The molecule has 4 aromatic heterocycles. The molecular weight excluding hydrogens is 436 g/mol. The van der Waals surface area contributed by atoms with Crippen LogP contribution in [0.5, 0.6) is 0 Å². The Morgan fingerprint density at radius 2 is 2.15 bits per heavy atom. The largest absolute Gasteiger partial charge is 0.346 e. The molecule has 168 valence electrons. The highest BCUT2D eigenvalue weighted by molar-refractivity contribution is 6.31. The van der Waals surface area contributed by atoms with Gasteiger partial charge in [0.15, 0.2) is 0 Å². The molecule has 1 saturated heterocycles. The van der Waals surface area contributed by atoms with Gasteiger partial charge in [0.25, 0.3) is 0 Å². The Labute approximate surface area is 196 Å². The zero-order chi connectivity index (χ0) is 22.6. The number of halogens is 1. The van der Waals surface area contributed by atoms with E-state index in [1.165, 1.54) is 5.69 Å². The molecule has 6 rings (SSSR count). The molecule has 0 radical (unpaired) electrons. The van der Waals surface area contributed by atoms with E-state index in [2.05, 4.69) is 54.9 Å². The summed E-state index contributed by atoms with van der Waals surface area (Å²) in [6.45, 7) is 5.85. The zero-order valence-electron chi connectivity index (χ0n) is 18.5. The van der Waals surface area contributed by atoms with Crippen LogP contribution in [0.15, 0.2) is 30.7 Å². The summed E-state index contributed by atoms with van der Waals surface area (Å²) in [6, 6.07) is 6.69. The maximum atomic E-state index is 9.11.